The van der Waals surface area contributed by atoms with E-state index in [0.29, 0.717) is 37.4 Å². The van der Waals surface area contributed by atoms with E-state index >= 15 is 0 Å². The van der Waals surface area contributed by atoms with Crippen molar-refractivity contribution < 1.29 is 34.4 Å². The maximum atomic E-state index is 11.3. The molecule has 0 aromatic heterocycles. The van der Waals surface area contributed by atoms with Crippen LogP contribution < -0.4 is 9.47 Å². The van der Waals surface area contributed by atoms with Crippen LogP contribution >= 0.6 is 11.8 Å². The van der Waals surface area contributed by atoms with Gasteiger partial charge in [-0.2, -0.15) is 0 Å². The standard InChI is InChI=1S/C30H40O7S/c1-3-4-5-6-18-37-25-12-7-10-22(19-25)11-8-14-28(26(31)13-9-15-29(32)33)38-21-24-17-16-23(30(34)35)20-27(24)36-2/h7-8,10,12,14,16-17,19-20,26,28,31H,3-6,9,11,13,15,18,21H2,1-2H3,(H,32,33)(H,34,35)/b14-8-/t26-,28+/m0/s1. The van der Waals surface area contributed by atoms with Gasteiger partial charge in [-0.25, -0.2) is 4.79 Å². The molecule has 2 aromatic carbocycles. The van der Waals surface area contributed by atoms with Gasteiger partial charge < -0.3 is 24.8 Å². The molecule has 208 valence electrons. The van der Waals surface area contributed by atoms with E-state index in [1.165, 1.54) is 50.3 Å². The summed E-state index contributed by atoms with van der Waals surface area (Å²) in [5, 5.41) is 28.8. The molecule has 2 aromatic rings. The van der Waals surface area contributed by atoms with Gasteiger partial charge in [-0.1, -0.05) is 56.5 Å². The Morgan fingerprint density at radius 3 is 2.58 bits per heavy atom. The van der Waals surface area contributed by atoms with E-state index in [1.54, 1.807) is 6.07 Å². The number of rotatable bonds is 19. The van der Waals surface area contributed by atoms with Crippen molar-refractivity contribution in [3.05, 3.63) is 71.3 Å². The molecular weight excluding hydrogens is 504 g/mol. The minimum absolute atomic E-state index is 0.00781. The molecule has 0 heterocycles. The first-order valence-corrected chi connectivity index (χ1v) is 14.2. The van der Waals surface area contributed by atoms with Crippen molar-refractivity contribution in [3.63, 3.8) is 0 Å². The van der Waals surface area contributed by atoms with Gasteiger partial charge in [0.2, 0.25) is 0 Å². The highest BCUT2D eigenvalue weighted by Crippen LogP contribution is 2.30. The Hall–Kier alpha value is -2.97. The largest absolute Gasteiger partial charge is 0.496 e. The lowest BCUT2D eigenvalue weighted by molar-refractivity contribution is -0.137. The molecular formula is C30H40O7S. The average molecular weight is 545 g/mol. The molecule has 0 radical (unpaired) electrons. The number of ether oxygens (including phenoxy) is 2. The summed E-state index contributed by atoms with van der Waals surface area (Å²) in [7, 11) is 1.50. The van der Waals surface area contributed by atoms with Crippen molar-refractivity contribution in [2.24, 2.45) is 0 Å². The third-order valence-corrected chi connectivity index (χ3v) is 7.41. The second-order valence-corrected chi connectivity index (χ2v) is 10.3. The normalized spacial score (nSPS) is 12.8. The maximum Gasteiger partial charge on any atom is 0.335 e. The zero-order valence-electron chi connectivity index (χ0n) is 22.3. The van der Waals surface area contributed by atoms with Crippen molar-refractivity contribution in [1.82, 2.24) is 0 Å². The maximum absolute atomic E-state index is 11.3. The number of aliphatic hydroxyl groups excluding tert-OH is 1. The van der Waals surface area contributed by atoms with Crippen LogP contribution in [0.4, 0.5) is 0 Å². The fourth-order valence-corrected chi connectivity index (χ4v) is 5.11. The van der Waals surface area contributed by atoms with Gasteiger partial charge >= 0.3 is 11.9 Å². The minimum Gasteiger partial charge on any atom is -0.496 e. The summed E-state index contributed by atoms with van der Waals surface area (Å²) in [6.07, 6.45) is 9.31. The lowest BCUT2D eigenvalue weighted by Gasteiger charge is -2.20. The van der Waals surface area contributed by atoms with Gasteiger partial charge in [-0.3, -0.25) is 4.79 Å². The molecule has 0 aliphatic rings. The topological polar surface area (TPSA) is 113 Å². The Kier molecular flexibility index (Phi) is 14.4. The number of hydrogen-bond acceptors (Lipinski definition) is 6. The van der Waals surface area contributed by atoms with E-state index in [1.807, 2.05) is 36.4 Å². The molecule has 8 heteroatoms. The van der Waals surface area contributed by atoms with Crippen LogP contribution in [0.15, 0.2) is 54.6 Å². The van der Waals surface area contributed by atoms with Crippen LogP contribution in [0.3, 0.4) is 0 Å². The van der Waals surface area contributed by atoms with Crippen molar-refractivity contribution in [1.29, 1.82) is 0 Å². The quantitative estimate of drug-likeness (QED) is 0.138. The van der Waals surface area contributed by atoms with Crippen LogP contribution in [0.1, 0.15) is 73.4 Å². The monoisotopic (exact) mass is 544 g/mol. The fourth-order valence-electron chi connectivity index (χ4n) is 3.92. The summed E-state index contributed by atoms with van der Waals surface area (Å²) < 4.78 is 11.3. The summed E-state index contributed by atoms with van der Waals surface area (Å²) in [6, 6.07) is 12.8. The summed E-state index contributed by atoms with van der Waals surface area (Å²) in [5.41, 5.74) is 2.07. The number of aliphatic carboxylic acids is 1. The highest BCUT2D eigenvalue weighted by atomic mass is 32.2. The van der Waals surface area contributed by atoms with Crippen LogP contribution in [0.5, 0.6) is 11.5 Å². The molecule has 0 aliphatic carbocycles. The lowest BCUT2D eigenvalue weighted by Crippen LogP contribution is -2.21. The Labute approximate surface area is 229 Å². The number of benzene rings is 2. The first kappa shape index (κ1) is 31.2. The summed E-state index contributed by atoms with van der Waals surface area (Å²) in [6.45, 7) is 2.89. The van der Waals surface area contributed by atoms with Gasteiger partial charge in [0.05, 0.1) is 25.4 Å². The molecule has 0 spiro atoms. The van der Waals surface area contributed by atoms with Crippen LogP contribution in [0.2, 0.25) is 0 Å². The molecule has 7 nitrogen and oxygen atoms in total. The Morgan fingerprint density at radius 2 is 1.87 bits per heavy atom. The Balaban J connectivity index is 2.04. The predicted molar refractivity (Wildman–Crippen MR) is 151 cm³/mol. The van der Waals surface area contributed by atoms with Gasteiger partial charge in [0.25, 0.3) is 0 Å². The molecule has 0 fully saturated rings. The highest BCUT2D eigenvalue weighted by Gasteiger charge is 2.19. The van der Waals surface area contributed by atoms with Gasteiger partial charge in [-0.15, -0.1) is 11.8 Å². The first-order chi connectivity index (χ1) is 18.3. The van der Waals surface area contributed by atoms with Crippen molar-refractivity contribution in [2.45, 2.75) is 75.4 Å². The van der Waals surface area contributed by atoms with Crippen LogP contribution in [0, 0.1) is 0 Å². The lowest BCUT2D eigenvalue weighted by atomic mass is 10.1. The van der Waals surface area contributed by atoms with Crippen molar-refractivity contribution >= 4 is 23.7 Å². The number of allylic oxidation sites excluding steroid dienone is 1. The van der Waals surface area contributed by atoms with E-state index in [2.05, 4.69) is 6.92 Å². The van der Waals surface area contributed by atoms with E-state index < -0.39 is 18.0 Å². The van der Waals surface area contributed by atoms with E-state index in [4.69, 9.17) is 14.6 Å². The molecule has 0 unspecified atom stereocenters. The van der Waals surface area contributed by atoms with Gasteiger partial charge in [-0.05, 0) is 55.5 Å². The summed E-state index contributed by atoms with van der Waals surface area (Å²) in [4.78, 5) is 22.2. The number of carboxylic acid groups (broad SMARTS) is 2. The Morgan fingerprint density at radius 1 is 1.05 bits per heavy atom. The molecule has 0 saturated heterocycles. The fraction of sp³-hybridized carbons (Fsp3) is 0.467. The SMILES string of the molecule is CCCCCCOc1cccc(C/C=C\[C@@H](SCc2ccc(C(=O)O)cc2OC)[C@@H](O)CCCC(=O)O)c1. The number of methoxy groups -OCH3 is 1. The number of thioether (sulfide) groups is 1. The van der Waals surface area contributed by atoms with Gasteiger partial charge in [0.15, 0.2) is 0 Å². The molecule has 2 atom stereocenters. The molecule has 3 N–H and O–H groups in total. The number of carbonyl (C=O) groups is 2. The Bertz CT molecular complexity index is 1040. The van der Waals surface area contributed by atoms with Gasteiger partial charge in [0.1, 0.15) is 11.5 Å². The average Bonchev–Trinajstić information content (AvgIpc) is 2.90. The van der Waals surface area contributed by atoms with Gasteiger partial charge in [0, 0.05) is 23.0 Å². The summed E-state index contributed by atoms with van der Waals surface area (Å²) >= 11 is 1.50. The molecule has 0 saturated carbocycles. The van der Waals surface area contributed by atoms with Crippen molar-refractivity contribution in [2.75, 3.05) is 13.7 Å². The predicted octanol–water partition coefficient (Wildman–Crippen LogP) is 6.37. The second kappa shape index (κ2) is 17.5. The van der Waals surface area contributed by atoms with E-state index in [0.717, 1.165) is 23.3 Å². The van der Waals surface area contributed by atoms with Crippen molar-refractivity contribution in [3.8, 4) is 11.5 Å². The number of aliphatic hydroxyl groups is 1. The first-order valence-electron chi connectivity index (χ1n) is 13.1. The number of unbranched alkanes of at least 4 members (excludes halogenated alkanes) is 3. The third-order valence-electron chi connectivity index (χ3n) is 6.08. The van der Waals surface area contributed by atoms with Crippen LogP contribution in [-0.2, 0) is 17.0 Å². The zero-order chi connectivity index (χ0) is 27.8. The summed E-state index contributed by atoms with van der Waals surface area (Å²) in [5.74, 6) is -0.0816. The highest BCUT2D eigenvalue weighted by molar-refractivity contribution is 7.99. The minimum atomic E-state index is -1.02. The molecule has 38 heavy (non-hydrogen) atoms. The number of hydrogen-bond donors (Lipinski definition) is 3. The van der Waals surface area contributed by atoms with Crippen LogP contribution in [-0.4, -0.2) is 52.3 Å². The van der Waals surface area contributed by atoms with E-state index in [-0.39, 0.29) is 17.2 Å². The second-order valence-electron chi connectivity index (χ2n) is 9.15. The number of carboxylic acids is 2. The molecule has 2 rings (SSSR count). The number of aromatic carboxylic acids is 1. The van der Waals surface area contributed by atoms with Crippen LogP contribution in [0.25, 0.3) is 0 Å². The molecule has 0 aliphatic heterocycles. The van der Waals surface area contributed by atoms with E-state index in [9.17, 15) is 19.8 Å². The third kappa shape index (κ3) is 11.6. The molecule has 0 amide bonds. The zero-order valence-corrected chi connectivity index (χ0v) is 23.1. The smallest absolute Gasteiger partial charge is 0.335 e. The molecule has 0 bridgehead atoms.